The van der Waals surface area contributed by atoms with Crippen molar-refractivity contribution in [1.82, 2.24) is 4.90 Å². The van der Waals surface area contributed by atoms with E-state index in [4.69, 9.17) is 5.73 Å². The zero-order valence-corrected chi connectivity index (χ0v) is 16.8. The van der Waals surface area contributed by atoms with Gasteiger partial charge in [-0.2, -0.15) is 0 Å². The van der Waals surface area contributed by atoms with Crippen molar-refractivity contribution in [2.24, 2.45) is 17.6 Å². The average Bonchev–Trinajstić information content (AvgIpc) is 2.52. The second kappa shape index (κ2) is 9.18. The van der Waals surface area contributed by atoms with Crippen LogP contribution in [0.5, 0.6) is 0 Å². The third-order valence-corrected chi connectivity index (χ3v) is 8.10. The van der Waals surface area contributed by atoms with Gasteiger partial charge in [-0.25, -0.2) is 8.42 Å². The predicted molar refractivity (Wildman–Crippen MR) is 99.5 cm³/mol. The lowest BCUT2D eigenvalue weighted by molar-refractivity contribution is -0.130. The Labute approximate surface area is 148 Å². The van der Waals surface area contributed by atoms with Crippen LogP contribution in [0.3, 0.4) is 0 Å². The molecule has 1 fully saturated rings. The van der Waals surface area contributed by atoms with Crippen molar-refractivity contribution in [3.8, 4) is 0 Å². The zero-order valence-electron chi connectivity index (χ0n) is 16.0. The summed E-state index contributed by atoms with van der Waals surface area (Å²) in [5.41, 5.74) is 6.05. The van der Waals surface area contributed by atoms with Gasteiger partial charge in [0.25, 0.3) is 0 Å². The van der Waals surface area contributed by atoms with Crippen LogP contribution in [0.15, 0.2) is 0 Å². The summed E-state index contributed by atoms with van der Waals surface area (Å²) in [6, 6.07) is 0.0210. The Kier molecular flexibility index (Phi) is 8.20. The molecular weight excluding hydrogens is 324 g/mol. The Morgan fingerprint density at radius 1 is 1.08 bits per heavy atom. The molecule has 2 N–H and O–H groups in total. The summed E-state index contributed by atoms with van der Waals surface area (Å²) in [5, 5.41) is -1.28. The Bertz CT molecular complexity index is 496. The number of hydrogen-bond donors (Lipinski definition) is 1. The van der Waals surface area contributed by atoms with Gasteiger partial charge < -0.3 is 10.6 Å². The van der Waals surface area contributed by atoms with Crippen molar-refractivity contribution in [3.63, 3.8) is 0 Å². The van der Waals surface area contributed by atoms with Crippen LogP contribution < -0.4 is 5.73 Å². The normalized spacial score (nSPS) is 19.5. The molecule has 24 heavy (non-hydrogen) atoms. The molecule has 0 aromatic rings. The fraction of sp³-hybridized carbons (Fsp3) is 0.944. The predicted octanol–water partition coefficient (Wildman–Crippen LogP) is 2.59. The van der Waals surface area contributed by atoms with E-state index in [1.165, 1.54) is 0 Å². The standard InChI is InChI=1S/C18H36N2O3S/c1-13(2)16(19)11-12-20(5)18(21)17(14(3)4)24(22,23)15-9-7-6-8-10-15/h13-17H,6-12,19H2,1-5H3. The molecule has 1 rings (SSSR count). The van der Waals surface area contributed by atoms with Gasteiger partial charge in [0.1, 0.15) is 5.25 Å². The van der Waals surface area contributed by atoms with E-state index in [-0.39, 0.29) is 23.1 Å². The second-order valence-electron chi connectivity index (χ2n) is 7.97. The van der Waals surface area contributed by atoms with Gasteiger partial charge in [0, 0.05) is 19.6 Å². The highest BCUT2D eigenvalue weighted by Crippen LogP contribution is 2.29. The maximum atomic E-state index is 13.0. The minimum Gasteiger partial charge on any atom is -0.345 e. The van der Waals surface area contributed by atoms with E-state index in [2.05, 4.69) is 13.8 Å². The van der Waals surface area contributed by atoms with Gasteiger partial charge in [0.15, 0.2) is 9.84 Å². The highest BCUT2D eigenvalue weighted by atomic mass is 32.2. The molecule has 5 nitrogen and oxygen atoms in total. The summed E-state index contributed by atoms with van der Waals surface area (Å²) >= 11 is 0. The maximum Gasteiger partial charge on any atom is 0.240 e. The Morgan fingerprint density at radius 3 is 2.08 bits per heavy atom. The number of amides is 1. The lowest BCUT2D eigenvalue weighted by atomic mass is 10.0. The third-order valence-electron chi connectivity index (χ3n) is 5.25. The van der Waals surface area contributed by atoms with Gasteiger partial charge >= 0.3 is 0 Å². The van der Waals surface area contributed by atoms with Crippen LogP contribution in [-0.2, 0) is 14.6 Å². The van der Waals surface area contributed by atoms with Crippen LogP contribution in [0.1, 0.15) is 66.2 Å². The molecule has 142 valence electrons. The van der Waals surface area contributed by atoms with E-state index in [1.807, 2.05) is 13.8 Å². The summed E-state index contributed by atoms with van der Waals surface area (Å²) in [6.07, 6.45) is 5.07. The molecule has 0 heterocycles. The molecule has 1 saturated carbocycles. The van der Waals surface area contributed by atoms with Gasteiger partial charge in [-0.05, 0) is 31.1 Å². The van der Waals surface area contributed by atoms with Gasteiger partial charge in [0.05, 0.1) is 5.25 Å². The van der Waals surface area contributed by atoms with E-state index in [0.717, 1.165) is 19.3 Å². The fourth-order valence-electron chi connectivity index (χ4n) is 3.41. The molecule has 2 atom stereocenters. The summed E-state index contributed by atoms with van der Waals surface area (Å²) in [5.74, 6) is -0.141. The van der Waals surface area contributed by atoms with Crippen LogP contribution in [0.25, 0.3) is 0 Å². The molecule has 0 aromatic carbocycles. The minimum absolute atomic E-state index is 0.0210. The van der Waals surface area contributed by atoms with E-state index in [0.29, 0.717) is 31.7 Å². The van der Waals surface area contributed by atoms with Crippen LogP contribution in [0, 0.1) is 11.8 Å². The lowest BCUT2D eigenvalue weighted by Gasteiger charge is -2.31. The minimum atomic E-state index is -3.44. The van der Waals surface area contributed by atoms with Crippen molar-refractivity contribution in [2.75, 3.05) is 13.6 Å². The number of sulfone groups is 1. The largest absolute Gasteiger partial charge is 0.345 e. The quantitative estimate of drug-likeness (QED) is 0.721. The molecule has 0 spiro atoms. The Morgan fingerprint density at radius 2 is 1.62 bits per heavy atom. The van der Waals surface area contributed by atoms with Gasteiger partial charge in [-0.15, -0.1) is 0 Å². The second-order valence-corrected chi connectivity index (χ2v) is 10.3. The van der Waals surface area contributed by atoms with E-state index in [1.54, 1.807) is 11.9 Å². The van der Waals surface area contributed by atoms with Gasteiger partial charge in [-0.3, -0.25) is 4.79 Å². The average molecular weight is 361 g/mol. The monoisotopic (exact) mass is 360 g/mol. The number of hydrogen-bond acceptors (Lipinski definition) is 4. The first-order chi connectivity index (χ1) is 11.1. The molecule has 2 unspecified atom stereocenters. The first kappa shape index (κ1) is 21.4. The first-order valence-corrected chi connectivity index (χ1v) is 10.9. The molecule has 0 bridgehead atoms. The molecule has 1 amide bonds. The zero-order chi connectivity index (χ0) is 18.5. The number of carbonyl (C=O) groups excluding carboxylic acids is 1. The van der Waals surface area contributed by atoms with E-state index < -0.39 is 15.1 Å². The highest BCUT2D eigenvalue weighted by Gasteiger charge is 2.42. The molecule has 0 aromatic heterocycles. The summed E-state index contributed by atoms with van der Waals surface area (Å²) in [7, 11) is -1.75. The van der Waals surface area contributed by atoms with Crippen LogP contribution in [-0.4, -0.2) is 49.4 Å². The number of carbonyl (C=O) groups is 1. The molecule has 0 radical (unpaired) electrons. The van der Waals surface area contributed by atoms with Crippen molar-refractivity contribution < 1.29 is 13.2 Å². The van der Waals surface area contributed by atoms with Crippen molar-refractivity contribution in [1.29, 1.82) is 0 Å². The van der Waals surface area contributed by atoms with Crippen molar-refractivity contribution >= 4 is 15.7 Å². The van der Waals surface area contributed by atoms with Gasteiger partial charge in [-0.1, -0.05) is 47.0 Å². The Balaban J connectivity index is 2.84. The van der Waals surface area contributed by atoms with Gasteiger partial charge in [0.2, 0.25) is 5.91 Å². The van der Waals surface area contributed by atoms with Crippen molar-refractivity contribution in [2.45, 2.75) is 82.8 Å². The fourth-order valence-corrected chi connectivity index (χ4v) is 6.03. The van der Waals surface area contributed by atoms with Crippen LogP contribution in [0.2, 0.25) is 0 Å². The molecular formula is C18H36N2O3S. The molecule has 1 aliphatic carbocycles. The number of nitrogens with two attached hydrogens (primary N) is 1. The highest BCUT2D eigenvalue weighted by molar-refractivity contribution is 7.93. The van der Waals surface area contributed by atoms with E-state index in [9.17, 15) is 13.2 Å². The Hall–Kier alpha value is -0.620. The molecule has 0 saturated heterocycles. The number of rotatable bonds is 8. The molecule has 1 aliphatic rings. The summed E-state index contributed by atoms with van der Waals surface area (Å²) in [4.78, 5) is 14.4. The maximum absolute atomic E-state index is 13.0. The molecule has 0 aliphatic heterocycles. The molecule has 6 heteroatoms. The smallest absolute Gasteiger partial charge is 0.240 e. The topological polar surface area (TPSA) is 80.5 Å². The lowest BCUT2D eigenvalue weighted by Crippen LogP contribution is -2.48. The van der Waals surface area contributed by atoms with Crippen LogP contribution >= 0.6 is 0 Å². The van der Waals surface area contributed by atoms with Crippen LogP contribution in [0.4, 0.5) is 0 Å². The third kappa shape index (κ3) is 5.45. The SMILES string of the molecule is CC(C)C(N)CCN(C)C(=O)C(C(C)C)S(=O)(=O)C1CCCCC1. The summed E-state index contributed by atoms with van der Waals surface area (Å²) in [6.45, 7) is 8.27. The van der Waals surface area contributed by atoms with E-state index >= 15 is 0 Å². The van der Waals surface area contributed by atoms with Crippen molar-refractivity contribution in [3.05, 3.63) is 0 Å². The first-order valence-electron chi connectivity index (χ1n) is 9.32. The summed E-state index contributed by atoms with van der Waals surface area (Å²) < 4.78 is 26.1. The number of nitrogens with zero attached hydrogens (tertiary/aromatic N) is 1.